The summed E-state index contributed by atoms with van der Waals surface area (Å²) in [7, 11) is 0. The maximum Gasteiger partial charge on any atom is 0.151 e. The van der Waals surface area contributed by atoms with Crippen molar-refractivity contribution >= 4 is 11.3 Å². The highest BCUT2D eigenvalue weighted by molar-refractivity contribution is 7.14. The Morgan fingerprint density at radius 1 is 1.35 bits per heavy atom. The molecule has 0 bridgehead atoms. The van der Waals surface area contributed by atoms with Gasteiger partial charge in [0.15, 0.2) is 5.01 Å². The molecule has 0 saturated carbocycles. The third-order valence-electron chi connectivity index (χ3n) is 2.33. The predicted molar refractivity (Wildman–Crippen MR) is 68.9 cm³/mol. The van der Waals surface area contributed by atoms with E-state index >= 15 is 0 Å². The van der Waals surface area contributed by atoms with Gasteiger partial charge >= 0.3 is 0 Å². The van der Waals surface area contributed by atoms with Crippen LogP contribution in [0.2, 0.25) is 0 Å². The molecule has 0 unspecified atom stereocenters. The summed E-state index contributed by atoms with van der Waals surface area (Å²) in [5.41, 5.74) is 1.13. The minimum atomic E-state index is 0.0946. The second-order valence-corrected chi connectivity index (χ2v) is 6.06. The Kier molecular flexibility index (Phi) is 3.31. The highest BCUT2D eigenvalue weighted by atomic mass is 32.1. The van der Waals surface area contributed by atoms with Gasteiger partial charge in [0.2, 0.25) is 0 Å². The summed E-state index contributed by atoms with van der Waals surface area (Å²) in [6, 6.07) is 1.93. The fourth-order valence-corrected chi connectivity index (χ4v) is 2.23. The summed E-state index contributed by atoms with van der Waals surface area (Å²) < 4.78 is 5.27. The van der Waals surface area contributed by atoms with Crippen LogP contribution in [0.15, 0.2) is 16.7 Å². The van der Waals surface area contributed by atoms with Gasteiger partial charge in [0, 0.05) is 5.54 Å². The van der Waals surface area contributed by atoms with Crippen molar-refractivity contribution in [2.24, 2.45) is 0 Å². The number of aryl methyl sites for hydroxylation is 1. The lowest BCUT2D eigenvalue weighted by Gasteiger charge is -2.19. The topological polar surface area (TPSA) is 51.0 Å². The molecule has 2 aromatic rings. The average molecular weight is 251 g/mol. The number of rotatable bonds is 3. The van der Waals surface area contributed by atoms with E-state index in [1.165, 1.54) is 0 Å². The zero-order valence-electron chi connectivity index (χ0n) is 10.6. The Morgan fingerprint density at radius 2 is 2.12 bits per heavy atom. The number of nitrogens with one attached hydrogen (secondary N) is 1. The van der Waals surface area contributed by atoms with Crippen molar-refractivity contribution in [2.75, 3.05) is 0 Å². The molecule has 17 heavy (non-hydrogen) atoms. The van der Waals surface area contributed by atoms with Crippen molar-refractivity contribution in [1.29, 1.82) is 0 Å². The van der Waals surface area contributed by atoms with Gasteiger partial charge < -0.3 is 9.73 Å². The molecule has 92 valence electrons. The van der Waals surface area contributed by atoms with E-state index in [2.05, 4.69) is 36.3 Å². The van der Waals surface area contributed by atoms with Crippen LogP contribution in [0.3, 0.4) is 0 Å². The second kappa shape index (κ2) is 4.58. The highest BCUT2D eigenvalue weighted by Gasteiger charge is 2.13. The van der Waals surface area contributed by atoms with E-state index in [4.69, 9.17) is 4.42 Å². The van der Waals surface area contributed by atoms with Gasteiger partial charge in [-0.3, -0.25) is 0 Å². The predicted octanol–water partition coefficient (Wildman–Crippen LogP) is 2.99. The second-order valence-electron chi connectivity index (χ2n) is 4.99. The van der Waals surface area contributed by atoms with Gasteiger partial charge in [0.05, 0.1) is 18.4 Å². The highest BCUT2D eigenvalue weighted by Crippen LogP contribution is 2.27. The normalized spacial score (nSPS) is 12.0. The Bertz CT molecular complexity index is 496. The van der Waals surface area contributed by atoms with Crippen LogP contribution in [0.25, 0.3) is 10.6 Å². The lowest BCUT2D eigenvalue weighted by molar-refractivity contribution is 0.423. The summed E-state index contributed by atoms with van der Waals surface area (Å²) in [5.74, 6) is 0.886. The van der Waals surface area contributed by atoms with Gasteiger partial charge in [-0.25, -0.2) is 0 Å². The van der Waals surface area contributed by atoms with E-state index < -0.39 is 0 Å². The molecule has 0 aliphatic rings. The van der Waals surface area contributed by atoms with Gasteiger partial charge in [-0.05, 0) is 33.8 Å². The summed E-state index contributed by atoms with van der Waals surface area (Å²) in [6.07, 6.45) is 1.68. The molecule has 1 N–H and O–H groups in total. The molecule has 0 amide bonds. The van der Waals surface area contributed by atoms with Crippen molar-refractivity contribution in [1.82, 2.24) is 15.5 Å². The standard InChI is InChI=1S/C12H17N3OS/c1-8-9(5-6-16-8)11-15-14-10(17-11)7-13-12(2,3)4/h5-6,13H,7H2,1-4H3. The third kappa shape index (κ3) is 3.14. The van der Waals surface area contributed by atoms with Gasteiger partial charge in [-0.1, -0.05) is 11.3 Å². The number of hydrogen-bond acceptors (Lipinski definition) is 5. The molecular formula is C12H17N3OS. The summed E-state index contributed by atoms with van der Waals surface area (Å²) in [5, 5.41) is 13.7. The van der Waals surface area contributed by atoms with Crippen LogP contribution in [-0.2, 0) is 6.54 Å². The molecule has 0 atom stereocenters. The Morgan fingerprint density at radius 3 is 2.71 bits per heavy atom. The van der Waals surface area contributed by atoms with Crippen LogP contribution in [0, 0.1) is 6.92 Å². The molecule has 5 heteroatoms. The van der Waals surface area contributed by atoms with Crippen molar-refractivity contribution in [3.05, 3.63) is 23.1 Å². The molecule has 4 nitrogen and oxygen atoms in total. The molecular weight excluding hydrogens is 234 g/mol. The largest absolute Gasteiger partial charge is 0.469 e. The van der Waals surface area contributed by atoms with E-state index in [1.54, 1.807) is 17.6 Å². The van der Waals surface area contributed by atoms with Gasteiger partial charge in [0.25, 0.3) is 0 Å². The first-order valence-electron chi connectivity index (χ1n) is 5.57. The van der Waals surface area contributed by atoms with Crippen LogP contribution >= 0.6 is 11.3 Å². The Balaban J connectivity index is 2.09. The first kappa shape index (κ1) is 12.3. The van der Waals surface area contributed by atoms with E-state index in [0.717, 1.165) is 27.9 Å². The number of aromatic nitrogens is 2. The molecule has 0 saturated heterocycles. The van der Waals surface area contributed by atoms with Crippen LogP contribution in [0.4, 0.5) is 0 Å². The monoisotopic (exact) mass is 251 g/mol. The first-order chi connectivity index (χ1) is 7.96. The average Bonchev–Trinajstić information content (AvgIpc) is 2.81. The van der Waals surface area contributed by atoms with Gasteiger partial charge in [-0.15, -0.1) is 10.2 Å². The molecule has 0 aliphatic carbocycles. The van der Waals surface area contributed by atoms with Crippen LogP contribution in [-0.4, -0.2) is 15.7 Å². The van der Waals surface area contributed by atoms with Crippen molar-refractivity contribution < 1.29 is 4.42 Å². The maximum absolute atomic E-state index is 5.27. The maximum atomic E-state index is 5.27. The fourth-order valence-electron chi connectivity index (χ4n) is 1.38. The van der Waals surface area contributed by atoms with E-state index in [-0.39, 0.29) is 5.54 Å². The minimum absolute atomic E-state index is 0.0946. The molecule has 0 aliphatic heterocycles. The zero-order valence-corrected chi connectivity index (χ0v) is 11.4. The number of furan rings is 1. The van der Waals surface area contributed by atoms with Crippen molar-refractivity contribution in [3.8, 4) is 10.6 Å². The molecule has 0 spiro atoms. The summed E-state index contributed by atoms with van der Waals surface area (Å²) in [6.45, 7) is 9.08. The SMILES string of the molecule is Cc1occc1-c1nnc(CNC(C)(C)C)s1. The Hall–Kier alpha value is -1.20. The lowest BCUT2D eigenvalue weighted by atomic mass is 10.1. The number of nitrogens with zero attached hydrogens (tertiary/aromatic N) is 2. The molecule has 2 heterocycles. The quantitative estimate of drug-likeness (QED) is 0.911. The minimum Gasteiger partial charge on any atom is -0.469 e. The number of hydrogen-bond donors (Lipinski definition) is 1. The van der Waals surface area contributed by atoms with Crippen LogP contribution in [0.1, 0.15) is 31.5 Å². The van der Waals surface area contributed by atoms with Gasteiger partial charge in [0.1, 0.15) is 10.8 Å². The molecule has 2 rings (SSSR count). The van der Waals surface area contributed by atoms with Crippen LogP contribution < -0.4 is 5.32 Å². The third-order valence-corrected chi connectivity index (χ3v) is 3.28. The van der Waals surface area contributed by atoms with E-state index in [9.17, 15) is 0 Å². The van der Waals surface area contributed by atoms with Gasteiger partial charge in [-0.2, -0.15) is 0 Å². The summed E-state index contributed by atoms with van der Waals surface area (Å²) >= 11 is 1.60. The first-order valence-corrected chi connectivity index (χ1v) is 6.39. The van der Waals surface area contributed by atoms with Crippen LogP contribution in [0.5, 0.6) is 0 Å². The smallest absolute Gasteiger partial charge is 0.151 e. The molecule has 0 fully saturated rings. The zero-order chi connectivity index (χ0) is 12.5. The molecule has 0 aromatic carbocycles. The molecule has 2 aromatic heterocycles. The fraction of sp³-hybridized carbons (Fsp3) is 0.500. The Labute approximate surface area is 105 Å². The molecule has 0 radical (unpaired) electrons. The van der Waals surface area contributed by atoms with E-state index in [0.29, 0.717) is 0 Å². The lowest BCUT2D eigenvalue weighted by Crippen LogP contribution is -2.35. The summed E-state index contributed by atoms with van der Waals surface area (Å²) in [4.78, 5) is 0. The van der Waals surface area contributed by atoms with Crippen molar-refractivity contribution in [2.45, 2.75) is 39.8 Å². The van der Waals surface area contributed by atoms with Crippen molar-refractivity contribution in [3.63, 3.8) is 0 Å². The van der Waals surface area contributed by atoms with E-state index in [1.807, 2.05) is 13.0 Å².